The average Bonchev–Trinajstić information content (AvgIpc) is 2.97. The van der Waals surface area contributed by atoms with Crippen LogP contribution in [0.1, 0.15) is 106 Å². The summed E-state index contributed by atoms with van der Waals surface area (Å²) >= 11 is 0. The van der Waals surface area contributed by atoms with E-state index in [4.69, 9.17) is 4.74 Å². The van der Waals surface area contributed by atoms with E-state index in [1.807, 2.05) is 6.92 Å². The van der Waals surface area contributed by atoms with E-state index in [1.165, 1.54) is 12.8 Å². The number of hydrogen-bond acceptors (Lipinski definition) is 4. The first-order chi connectivity index (χ1) is 16.1. The Bertz CT molecular complexity index is 951. The molecule has 0 radical (unpaired) electrons. The summed E-state index contributed by atoms with van der Waals surface area (Å²) in [6.45, 7) is 14.7. The summed E-state index contributed by atoms with van der Waals surface area (Å²) in [5.74, 6) is -0.714. The van der Waals surface area contributed by atoms with Crippen LogP contribution >= 0.6 is 0 Å². The van der Waals surface area contributed by atoms with Crippen LogP contribution < -0.4 is 0 Å². The van der Waals surface area contributed by atoms with Gasteiger partial charge in [0, 0.05) is 11.3 Å². The summed E-state index contributed by atoms with van der Waals surface area (Å²) in [5, 5.41) is 32.4. The van der Waals surface area contributed by atoms with E-state index < -0.39 is 23.3 Å². The molecule has 12 atom stereocenters. The third-order valence-corrected chi connectivity index (χ3v) is 14.7. The number of aliphatic carboxylic acids is 1. The number of aliphatic hydroxyl groups excluding tert-OH is 1. The standard InChI is InChI=1S/C30H48O5/c1-18-29-8-7-19-26(4,20(29)15-22(31)30(18,34)35-17-29)12-14-28(6)21-16-25(3,23(32)33)10-9-24(21,2)11-13-27(19,28)5/h18-22,31,34H,7-17H2,1-6H3,(H,32,33)/t18-,19?,20?,21-,22?,24-,25-,26-,27-,28?,29+,30-/m1/s1. The van der Waals surface area contributed by atoms with Crippen LogP contribution in [0, 0.1) is 56.2 Å². The molecule has 1 spiro atoms. The van der Waals surface area contributed by atoms with E-state index in [0.717, 1.165) is 44.9 Å². The fourth-order valence-electron chi connectivity index (χ4n) is 11.9. The largest absolute Gasteiger partial charge is 0.481 e. The molecule has 4 unspecified atom stereocenters. The van der Waals surface area contributed by atoms with E-state index in [0.29, 0.717) is 30.8 Å². The van der Waals surface area contributed by atoms with Crippen molar-refractivity contribution in [3.05, 3.63) is 0 Å². The lowest BCUT2D eigenvalue weighted by molar-refractivity contribution is -0.291. The highest BCUT2D eigenvalue weighted by Crippen LogP contribution is 2.79. The molecule has 35 heavy (non-hydrogen) atoms. The van der Waals surface area contributed by atoms with Crippen molar-refractivity contribution in [2.75, 3.05) is 6.61 Å². The molecule has 0 aromatic carbocycles. The van der Waals surface area contributed by atoms with Crippen LogP contribution in [0.5, 0.6) is 0 Å². The maximum absolute atomic E-state index is 12.3. The Morgan fingerprint density at radius 2 is 1.49 bits per heavy atom. The third-order valence-electron chi connectivity index (χ3n) is 14.7. The Labute approximate surface area is 211 Å². The smallest absolute Gasteiger partial charge is 0.309 e. The summed E-state index contributed by atoms with van der Waals surface area (Å²) in [4.78, 5) is 12.3. The number of rotatable bonds is 1. The minimum absolute atomic E-state index is 0.0424. The second-order valence-electron chi connectivity index (χ2n) is 15.5. The van der Waals surface area contributed by atoms with Gasteiger partial charge in [0.1, 0.15) is 6.10 Å². The maximum Gasteiger partial charge on any atom is 0.309 e. The lowest BCUT2D eigenvalue weighted by atomic mass is 9.30. The molecule has 6 aliphatic rings. The molecule has 198 valence electrons. The summed E-state index contributed by atoms with van der Waals surface area (Å²) in [7, 11) is 0. The lowest BCUT2D eigenvalue weighted by Gasteiger charge is -2.74. The molecular weight excluding hydrogens is 440 g/mol. The van der Waals surface area contributed by atoms with Gasteiger partial charge in [0.15, 0.2) is 5.79 Å². The molecular formula is C30H48O5. The van der Waals surface area contributed by atoms with Gasteiger partial charge in [-0.25, -0.2) is 0 Å². The van der Waals surface area contributed by atoms with Crippen molar-refractivity contribution < 1.29 is 24.9 Å². The number of carboxylic acid groups (broad SMARTS) is 1. The zero-order chi connectivity index (χ0) is 25.4. The molecule has 5 heteroatoms. The minimum Gasteiger partial charge on any atom is -0.481 e. The predicted molar refractivity (Wildman–Crippen MR) is 133 cm³/mol. The normalized spacial score (nSPS) is 63.4. The SMILES string of the molecule is C[C@@H]1[C@@]23CCC4[C@@](C)(CCC5(C)[C@@H]6C[C@](C)(C(=O)O)CC[C@]6(C)CC[C@]45C)C2CC(O)[C@]1(O)OC3. The molecule has 1 heterocycles. The van der Waals surface area contributed by atoms with Crippen molar-refractivity contribution in [3.63, 3.8) is 0 Å². The van der Waals surface area contributed by atoms with Gasteiger partial charge >= 0.3 is 5.97 Å². The Kier molecular flexibility index (Phi) is 4.83. The summed E-state index contributed by atoms with van der Waals surface area (Å²) in [6, 6.07) is 0. The number of carboxylic acids is 1. The van der Waals surface area contributed by atoms with Gasteiger partial charge in [0.2, 0.25) is 0 Å². The van der Waals surface area contributed by atoms with Crippen LogP contribution in [0.25, 0.3) is 0 Å². The molecule has 0 aromatic heterocycles. The van der Waals surface area contributed by atoms with Gasteiger partial charge in [-0.15, -0.1) is 0 Å². The fourth-order valence-corrected chi connectivity index (χ4v) is 11.9. The van der Waals surface area contributed by atoms with E-state index in [1.54, 1.807) is 0 Å². The van der Waals surface area contributed by atoms with Crippen molar-refractivity contribution in [1.29, 1.82) is 0 Å². The van der Waals surface area contributed by atoms with Crippen LogP contribution in [0.4, 0.5) is 0 Å². The molecule has 1 aliphatic heterocycles. The third kappa shape index (κ3) is 2.64. The second kappa shape index (κ2) is 6.86. The molecule has 6 rings (SSSR count). The number of aliphatic hydroxyl groups is 2. The highest BCUT2D eigenvalue weighted by Gasteiger charge is 2.75. The molecule has 0 aromatic rings. The molecule has 1 saturated heterocycles. The number of hydrogen-bond donors (Lipinski definition) is 3. The van der Waals surface area contributed by atoms with Gasteiger partial charge in [-0.1, -0.05) is 34.6 Å². The topological polar surface area (TPSA) is 87.0 Å². The number of fused-ring (bicyclic) bond motifs is 7. The summed E-state index contributed by atoms with van der Waals surface area (Å²) in [5.41, 5.74) is -0.0361. The van der Waals surface area contributed by atoms with Crippen molar-refractivity contribution in [2.24, 2.45) is 56.2 Å². The van der Waals surface area contributed by atoms with E-state index in [-0.39, 0.29) is 33.0 Å². The molecule has 2 bridgehead atoms. The van der Waals surface area contributed by atoms with Crippen LogP contribution in [-0.4, -0.2) is 39.8 Å². The molecule has 5 aliphatic carbocycles. The van der Waals surface area contributed by atoms with Crippen LogP contribution in [0.15, 0.2) is 0 Å². The van der Waals surface area contributed by atoms with E-state index >= 15 is 0 Å². The van der Waals surface area contributed by atoms with Gasteiger partial charge in [-0.3, -0.25) is 4.79 Å². The molecule has 3 N–H and O–H groups in total. The van der Waals surface area contributed by atoms with E-state index in [2.05, 4.69) is 34.6 Å². The Morgan fingerprint density at radius 3 is 2.17 bits per heavy atom. The number of ether oxygens (including phenoxy) is 1. The van der Waals surface area contributed by atoms with Crippen molar-refractivity contribution >= 4 is 5.97 Å². The minimum atomic E-state index is -1.39. The molecule has 5 saturated carbocycles. The lowest BCUT2D eigenvalue weighted by Crippen LogP contribution is -2.69. The summed E-state index contributed by atoms with van der Waals surface area (Å²) in [6.07, 6.45) is 9.34. The maximum atomic E-state index is 12.3. The van der Waals surface area contributed by atoms with Crippen molar-refractivity contribution in [1.82, 2.24) is 0 Å². The highest BCUT2D eigenvalue weighted by molar-refractivity contribution is 5.74. The fraction of sp³-hybridized carbons (Fsp3) is 0.967. The Morgan fingerprint density at radius 1 is 0.857 bits per heavy atom. The molecule has 6 fully saturated rings. The van der Waals surface area contributed by atoms with Crippen molar-refractivity contribution in [3.8, 4) is 0 Å². The van der Waals surface area contributed by atoms with Crippen LogP contribution in [-0.2, 0) is 9.53 Å². The Hall–Kier alpha value is -0.650. The first kappa shape index (κ1) is 24.7. The molecule has 5 nitrogen and oxygen atoms in total. The highest BCUT2D eigenvalue weighted by atomic mass is 16.6. The quantitative estimate of drug-likeness (QED) is 0.446. The zero-order valence-electron chi connectivity index (χ0n) is 22.8. The van der Waals surface area contributed by atoms with E-state index in [9.17, 15) is 20.1 Å². The van der Waals surface area contributed by atoms with Gasteiger partial charge in [-0.05, 0) is 111 Å². The first-order valence-electron chi connectivity index (χ1n) is 14.4. The van der Waals surface area contributed by atoms with Crippen LogP contribution in [0.2, 0.25) is 0 Å². The predicted octanol–water partition coefficient (Wildman–Crippen LogP) is 5.62. The van der Waals surface area contributed by atoms with Gasteiger partial charge in [-0.2, -0.15) is 0 Å². The Balaban J connectivity index is 1.40. The molecule has 0 amide bonds. The first-order valence-corrected chi connectivity index (χ1v) is 14.4. The van der Waals surface area contributed by atoms with Crippen molar-refractivity contribution in [2.45, 2.75) is 118 Å². The van der Waals surface area contributed by atoms with Gasteiger partial charge in [0.05, 0.1) is 12.0 Å². The zero-order valence-corrected chi connectivity index (χ0v) is 22.8. The van der Waals surface area contributed by atoms with Crippen LogP contribution in [0.3, 0.4) is 0 Å². The second-order valence-corrected chi connectivity index (χ2v) is 15.5. The average molecular weight is 489 g/mol. The van der Waals surface area contributed by atoms with Gasteiger partial charge < -0.3 is 20.1 Å². The monoisotopic (exact) mass is 488 g/mol. The number of carbonyl (C=O) groups is 1. The summed E-state index contributed by atoms with van der Waals surface area (Å²) < 4.78 is 6.00. The van der Waals surface area contributed by atoms with Gasteiger partial charge in [0.25, 0.3) is 0 Å².